The molecule has 1 aliphatic rings. The number of rotatable bonds is 6. The zero-order valence-corrected chi connectivity index (χ0v) is 13.7. The summed E-state index contributed by atoms with van der Waals surface area (Å²) in [6.07, 6.45) is 1.45. The Morgan fingerprint density at radius 2 is 1.91 bits per heavy atom. The molecule has 3 amide bonds. The molecule has 1 fully saturated rings. The smallest absolute Gasteiger partial charge is 0.254 e. The molecule has 0 unspecified atom stereocenters. The number of amides is 3. The van der Waals surface area contributed by atoms with Gasteiger partial charge in [-0.15, -0.1) is 0 Å². The largest absolute Gasteiger partial charge is 0.355 e. The second-order valence-electron chi connectivity index (χ2n) is 5.47. The van der Waals surface area contributed by atoms with Crippen LogP contribution in [0.15, 0.2) is 24.3 Å². The molecule has 0 aliphatic carbocycles. The van der Waals surface area contributed by atoms with Crippen LogP contribution in [0.1, 0.15) is 37.0 Å². The minimum absolute atomic E-state index is 0.0511. The molecule has 0 aromatic heterocycles. The molecule has 0 saturated carbocycles. The van der Waals surface area contributed by atoms with Crippen LogP contribution in [0.5, 0.6) is 0 Å². The second kappa shape index (κ2) is 7.76. The second-order valence-corrected chi connectivity index (χ2v) is 5.47. The molecular weight excluding hydrogens is 294 g/mol. The van der Waals surface area contributed by atoms with E-state index in [4.69, 9.17) is 0 Å². The van der Waals surface area contributed by atoms with E-state index in [9.17, 15) is 14.4 Å². The molecule has 1 aromatic carbocycles. The third-order valence-corrected chi connectivity index (χ3v) is 3.88. The molecule has 124 valence electrons. The van der Waals surface area contributed by atoms with Gasteiger partial charge in [-0.05, 0) is 44.5 Å². The Kier molecular flexibility index (Phi) is 5.73. The average molecular weight is 317 g/mol. The van der Waals surface area contributed by atoms with Crippen LogP contribution in [0.3, 0.4) is 0 Å². The first-order chi connectivity index (χ1) is 11.1. The van der Waals surface area contributed by atoms with Crippen molar-refractivity contribution in [1.82, 2.24) is 10.2 Å². The highest BCUT2D eigenvalue weighted by atomic mass is 16.2. The van der Waals surface area contributed by atoms with Gasteiger partial charge in [0.15, 0.2) is 0 Å². The van der Waals surface area contributed by atoms with Gasteiger partial charge in [0.25, 0.3) is 5.91 Å². The van der Waals surface area contributed by atoms with Gasteiger partial charge in [0, 0.05) is 37.3 Å². The first-order valence-corrected chi connectivity index (χ1v) is 8.03. The van der Waals surface area contributed by atoms with Gasteiger partial charge in [-0.3, -0.25) is 14.4 Å². The summed E-state index contributed by atoms with van der Waals surface area (Å²) in [6.45, 7) is 5.47. The Morgan fingerprint density at radius 3 is 2.43 bits per heavy atom. The van der Waals surface area contributed by atoms with Gasteiger partial charge in [-0.1, -0.05) is 0 Å². The van der Waals surface area contributed by atoms with Crippen LogP contribution in [0.4, 0.5) is 5.69 Å². The van der Waals surface area contributed by atoms with Crippen LogP contribution >= 0.6 is 0 Å². The third-order valence-electron chi connectivity index (χ3n) is 3.88. The van der Waals surface area contributed by atoms with Crippen molar-refractivity contribution in [3.8, 4) is 0 Å². The van der Waals surface area contributed by atoms with Crippen LogP contribution in [0.2, 0.25) is 0 Å². The minimum atomic E-state index is -0.182. The highest BCUT2D eigenvalue weighted by Gasteiger charge is 2.22. The number of carbonyl (C=O) groups is 3. The summed E-state index contributed by atoms with van der Waals surface area (Å²) in [4.78, 5) is 39.1. The molecule has 6 heteroatoms. The van der Waals surface area contributed by atoms with Crippen molar-refractivity contribution < 1.29 is 14.4 Å². The van der Waals surface area contributed by atoms with Gasteiger partial charge in [-0.2, -0.15) is 0 Å². The predicted molar refractivity (Wildman–Crippen MR) is 88.3 cm³/mol. The van der Waals surface area contributed by atoms with Crippen molar-refractivity contribution in [2.75, 3.05) is 31.1 Å². The molecular formula is C17H23N3O3. The maximum Gasteiger partial charge on any atom is 0.254 e. The molecule has 2 rings (SSSR count). The lowest BCUT2D eigenvalue weighted by Gasteiger charge is -2.21. The molecule has 1 saturated heterocycles. The molecule has 0 radical (unpaired) electrons. The van der Waals surface area contributed by atoms with E-state index in [-0.39, 0.29) is 24.3 Å². The van der Waals surface area contributed by atoms with Crippen LogP contribution < -0.4 is 10.2 Å². The summed E-state index contributed by atoms with van der Waals surface area (Å²) < 4.78 is 0. The van der Waals surface area contributed by atoms with Crippen LogP contribution in [-0.4, -0.2) is 48.8 Å². The topological polar surface area (TPSA) is 69.7 Å². The van der Waals surface area contributed by atoms with E-state index in [2.05, 4.69) is 5.32 Å². The number of nitrogens with one attached hydrogen (secondary N) is 1. The monoisotopic (exact) mass is 317 g/mol. The van der Waals surface area contributed by atoms with Gasteiger partial charge in [-0.25, -0.2) is 0 Å². The van der Waals surface area contributed by atoms with E-state index < -0.39 is 0 Å². The number of nitrogens with zero attached hydrogens (tertiary/aromatic N) is 2. The lowest BCUT2D eigenvalue weighted by Crippen LogP contribution is -2.40. The van der Waals surface area contributed by atoms with Crippen LogP contribution in [-0.2, 0) is 9.59 Å². The van der Waals surface area contributed by atoms with Gasteiger partial charge in [0.2, 0.25) is 11.8 Å². The van der Waals surface area contributed by atoms with Crippen molar-refractivity contribution in [3.05, 3.63) is 29.8 Å². The van der Waals surface area contributed by atoms with Gasteiger partial charge in [0.1, 0.15) is 0 Å². The van der Waals surface area contributed by atoms with Gasteiger partial charge >= 0.3 is 0 Å². The normalized spacial score (nSPS) is 14.0. The number of carbonyl (C=O) groups excluding carboxylic acids is 3. The van der Waals surface area contributed by atoms with E-state index in [0.717, 1.165) is 18.7 Å². The summed E-state index contributed by atoms with van der Waals surface area (Å²) >= 11 is 0. The summed E-state index contributed by atoms with van der Waals surface area (Å²) in [5, 5.41) is 2.69. The molecule has 0 atom stereocenters. The summed E-state index contributed by atoms with van der Waals surface area (Å²) in [5.41, 5.74) is 1.34. The fraction of sp³-hybridized carbons (Fsp3) is 0.471. The SMILES string of the molecule is CCNC(=O)CN(CC)C(=O)c1ccc(N2CCCC2=O)cc1. The van der Waals surface area contributed by atoms with E-state index >= 15 is 0 Å². The Hall–Kier alpha value is -2.37. The minimum Gasteiger partial charge on any atom is -0.355 e. The Labute approximate surface area is 136 Å². The molecule has 1 N–H and O–H groups in total. The fourth-order valence-corrected chi connectivity index (χ4v) is 2.64. The van der Waals surface area contributed by atoms with E-state index in [1.807, 2.05) is 13.8 Å². The van der Waals surface area contributed by atoms with Crippen molar-refractivity contribution in [3.63, 3.8) is 0 Å². The zero-order valence-electron chi connectivity index (χ0n) is 13.7. The molecule has 1 aromatic rings. The van der Waals surface area contributed by atoms with Crippen molar-refractivity contribution in [2.45, 2.75) is 26.7 Å². The lowest BCUT2D eigenvalue weighted by molar-refractivity contribution is -0.121. The molecule has 1 aliphatic heterocycles. The number of benzene rings is 1. The standard InChI is InChI=1S/C17H23N3O3/c1-3-18-15(21)12-19(4-2)17(23)13-7-9-14(10-8-13)20-11-5-6-16(20)22/h7-10H,3-6,11-12H2,1-2H3,(H,18,21). The van der Waals surface area contributed by atoms with Gasteiger partial charge < -0.3 is 15.1 Å². The van der Waals surface area contributed by atoms with Crippen molar-refractivity contribution >= 4 is 23.4 Å². The molecule has 0 spiro atoms. The maximum absolute atomic E-state index is 12.5. The Balaban J connectivity index is 2.06. The highest BCUT2D eigenvalue weighted by molar-refractivity contribution is 5.98. The maximum atomic E-state index is 12.5. The quantitative estimate of drug-likeness (QED) is 0.862. The Bertz CT molecular complexity index is 583. The van der Waals surface area contributed by atoms with E-state index in [0.29, 0.717) is 25.1 Å². The van der Waals surface area contributed by atoms with Crippen molar-refractivity contribution in [2.24, 2.45) is 0 Å². The molecule has 0 bridgehead atoms. The zero-order chi connectivity index (χ0) is 16.8. The third kappa shape index (κ3) is 4.09. The van der Waals surface area contributed by atoms with Crippen LogP contribution in [0.25, 0.3) is 0 Å². The van der Waals surface area contributed by atoms with Gasteiger partial charge in [0.05, 0.1) is 6.54 Å². The summed E-state index contributed by atoms with van der Waals surface area (Å²) in [6, 6.07) is 7.00. The number of likely N-dealkylation sites (N-methyl/N-ethyl adjacent to an activating group) is 2. The first-order valence-electron chi connectivity index (χ1n) is 8.03. The molecule has 6 nitrogen and oxygen atoms in total. The van der Waals surface area contributed by atoms with E-state index in [1.165, 1.54) is 4.90 Å². The fourth-order valence-electron chi connectivity index (χ4n) is 2.64. The number of hydrogen-bond acceptors (Lipinski definition) is 3. The Morgan fingerprint density at radius 1 is 1.22 bits per heavy atom. The lowest BCUT2D eigenvalue weighted by atomic mass is 10.1. The number of anilines is 1. The summed E-state index contributed by atoms with van der Waals surface area (Å²) in [7, 11) is 0. The predicted octanol–water partition coefficient (Wildman–Crippen LogP) is 1.41. The highest BCUT2D eigenvalue weighted by Crippen LogP contribution is 2.22. The average Bonchev–Trinajstić information content (AvgIpc) is 2.98. The van der Waals surface area contributed by atoms with Crippen LogP contribution in [0, 0.1) is 0 Å². The first kappa shape index (κ1) is 17.0. The number of hydrogen-bond donors (Lipinski definition) is 1. The molecule has 1 heterocycles. The molecule has 23 heavy (non-hydrogen) atoms. The summed E-state index contributed by atoms with van der Waals surface area (Å²) in [5.74, 6) is -0.226. The van der Waals surface area contributed by atoms with E-state index in [1.54, 1.807) is 29.2 Å². The van der Waals surface area contributed by atoms with Crippen molar-refractivity contribution in [1.29, 1.82) is 0 Å².